The number of aromatic hydroxyl groups is 1. The molecule has 2 aromatic heterocycles. The lowest BCUT2D eigenvalue weighted by atomic mass is 9.92. The van der Waals surface area contributed by atoms with Gasteiger partial charge in [-0.15, -0.1) is 0 Å². The second-order valence-electron chi connectivity index (χ2n) is 9.59. The van der Waals surface area contributed by atoms with Crippen molar-refractivity contribution in [2.75, 3.05) is 0 Å². The van der Waals surface area contributed by atoms with Crippen LogP contribution in [0.3, 0.4) is 0 Å². The molecule has 1 atom stereocenters. The molecule has 3 aromatic rings. The Morgan fingerprint density at radius 3 is 2.69 bits per heavy atom. The largest absolute Gasteiger partial charge is 0.511 e. The summed E-state index contributed by atoms with van der Waals surface area (Å²) in [4.78, 5) is 26.3. The molecule has 0 amide bonds. The van der Waals surface area contributed by atoms with Crippen LogP contribution in [-0.4, -0.2) is 31.5 Å². The van der Waals surface area contributed by atoms with Gasteiger partial charge < -0.3 is 29.8 Å². The number of nitrogens with zero attached hydrogens (tertiary/aromatic N) is 1. The summed E-state index contributed by atoms with van der Waals surface area (Å²) in [5.74, 6) is -0.808. The van der Waals surface area contributed by atoms with Crippen molar-refractivity contribution >= 4 is 17.1 Å². The smallest absolute Gasteiger partial charge is 0.504 e. The van der Waals surface area contributed by atoms with Gasteiger partial charge in [-0.1, -0.05) is 6.92 Å². The molecule has 170 valence electrons. The van der Waals surface area contributed by atoms with Crippen molar-refractivity contribution in [2.45, 2.75) is 58.5 Å². The maximum Gasteiger partial charge on any atom is 0.511 e. The van der Waals surface area contributed by atoms with Gasteiger partial charge in [-0.2, -0.15) is 0 Å². The van der Waals surface area contributed by atoms with E-state index in [9.17, 15) is 14.7 Å². The predicted molar refractivity (Wildman–Crippen MR) is 123 cm³/mol. The van der Waals surface area contributed by atoms with Crippen LogP contribution in [0.4, 0.5) is 4.79 Å². The highest BCUT2D eigenvalue weighted by molar-refractivity contribution is 5.89. The molecule has 1 aliphatic carbocycles. The fourth-order valence-corrected chi connectivity index (χ4v) is 4.39. The van der Waals surface area contributed by atoms with Crippen LogP contribution in [0.15, 0.2) is 23.0 Å². The average Bonchev–Trinajstić information content (AvgIpc) is 2.94. The Morgan fingerprint density at radius 2 is 2.03 bits per heavy atom. The van der Waals surface area contributed by atoms with Crippen molar-refractivity contribution in [3.05, 3.63) is 45.4 Å². The number of ether oxygens (including phenoxy) is 1. The van der Waals surface area contributed by atoms with Crippen molar-refractivity contribution < 1.29 is 19.7 Å². The molecule has 4 rings (SSSR count). The Labute approximate surface area is 185 Å². The van der Waals surface area contributed by atoms with Gasteiger partial charge in [-0.3, -0.25) is 4.79 Å². The van der Waals surface area contributed by atoms with Crippen LogP contribution in [0.5, 0.6) is 11.5 Å². The van der Waals surface area contributed by atoms with Gasteiger partial charge in [0.1, 0.15) is 0 Å². The Bertz CT molecular complexity index is 1280. The zero-order valence-corrected chi connectivity index (χ0v) is 19.0. The molecule has 0 fully saturated rings. The van der Waals surface area contributed by atoms with Crippen molar-refractivity contribution in [1.29, 1.82) is 0 Å². The Balaban J connectivity index is 1.90. The number of H-pyrrole nitrogens is 1. The van der Waals surface area contributed by atoms with Crippen molar-refractivity contribution in [3.8, 4) is 22.8 Å². The molecule has 32 heavy (non-hydrogen) atoms. The van der Waals surface area contributed by atoms with Gasteiger partial charge in [0.25, 0.3) is 5.56 Å². The van der Waals surface area contributed by atoms with Crippen molar-refractivity contribution in [1.82, 2.24) is 14.9 Å². The second-order valence-corrected chi connectivity index (χ2v) is 9.59. The van der Waals surface area contributed by atoms with Gasteiger partial charge in [0.2, 0.25) is 5.75 Å². The third-order valence-corrected chi connectivity index (χ3v) is 6.18. The number of aromatic amines is 1. The lowest BCUT2D eigenvalue weighted by Crippen LogP contribution is -2.35. The van der Waals surface area contributed by atoms with E-state index in [0.29, 0.717) is 17.7 Å². The number of rotatable bonds is 3. The van der Waals surface area contributed by atoms with E-state index < -0.39 is 23.2 Å². The van der Waals surface area contributed by atoms with Crippen LogP contribution in [-0.2, 0) is 20.0 Å². The average molecular weight is 440 g/mol. The number of aromatic nitrogens is 2. The first-order valence-corrected chi connectivity index (χ1v) is 10.7. The number of hydrogen-bond donors (Lipinski definition) is 4. The number of benzene rings is 1. The number of aryl methyl sites for hydroxylation is 1. The van der Waals surface area contributed by atoms with Crippen LogP contribution in [0.1, 0.15) is 56.9 Å². The molecule has 0 saturated heterocycles. The zero-order valence-electron chi connectivity index (χ0n) is 19.0. The number of carbonyl (C=O) groups is 1. The zero-order chi connectivity index (χ0) is 23.4. The number of pyridine rings is 1. The molecule has 1 aliphatic rings. The maximum absolute atomic E-state index is 12.5. The number of nitrogens with one attached hydrogen (secondary N) is 2. The van der Waals surface area contributed by atoms with E-state index >= 15 is 0 Å². The van der Waals surface area contributed by atoms with E-state index in [2.05, 4.69) is 59.4 Å². The molecule has 0 spiro atoms. The van der Waals surface area contributed by atoms with E-state index in [4.69, 9.17) is 5.11 Å². The molecule has 1 unspecified atom stereocenters. The summed E-state index contributed by atoms with van der Waals surface area (Å²) in [7, 11) is 2.05. The van der Waals surface area contributed by atoms with Crippen LogP contribution in [0.25, 0.3) is 22.2 Å². The van der Waals surface area contributed by atoms with Gasteiger partial charge in [-0.05, 0) is 63.3 Å². The minimum absolute atomic E-state index is 0.00614. The highest BCUT2D eigenvalue weighted by atomic mass is 16.7. The van der Waals surface area contributed by atoms with Crippen LogP contribution < -0.4 is 15.6 Å². The van der Waals surface area contributed by atoms with Gasteiger partial charge in [-0.25, -0.2) is 4.79 Å². The fraction of sp³-hybridized carbons (Fsp3) is 0.417. The third-order valence-electron chi connectivity index (χ3n) is 6.18. The van der Waals surface area contributed by atoms with E-state index in [-0.39, 0.29) is 11.5 Å². The topological polar surface area (TPSA) is 117 Å². The molecule has 0 saturated carbocycles. The predicted octanol–water partition coefficient (Wildman–Crippen LogP) is 4.23. The summed E-state index contributed by atoms with van der Waals surface area (Å²) in [6.07, 6.45) is -0.419. The molecule has 1 aromatic carbocycles. The van der Waals surface area contributed by atoms with E-state index in [1.807, 2.05) is 13.1 Å². The van der Waals surface area contributed by atoms with Gasteiger partial charge >= 0.3 is 6.16 Å². The van der Waals surface area contributed by atoms with Crippen LogP contribution in [0, 0.1) is 0 Å². The number of carboxylic acid groups (broad SMARTS) is 1. The highest BCUT2D eigenvalue weighted by Crippen LogP contribution is 2.43. The monoisotopic (exact) mass is 439 g/mol. The molecule has 0 bridgehead atoms. The first-order valence-electron chi connectivity index (χ1n) is 10.7. The summed E-state index contributed by atoms with van der Waals surface area (Å²) in [5.41, 5.74) is 4.40. The highest BCUT2D eigenvalue weighted by Gasteiger charge is 2.27. The summed E-state index contributed by atoms with van der Waals surface area (Å²) < 4.78 is 6.73. The molecule has 0 aliphatic heterocycles. The number of fused-ring (bicyclic) bond motifs is 4. The van der Waals surface area contributed by atoms with Crippen LogP contribution >= 0.6 is 0 Å². The van der Waals surface area contributed by atoms with Crippen molar-refractivity contribution in [2.24, 2.45) is 7.05 Å². The van der Waals surface area contributed by atoms with E-state index in [1.54, 1.807) is 0 Å². The van der Waals surface area contributed by atoms with Crippen molar-refractivity contribution in [3.63, 3.8) is 0 Å². The lowest BCUT2D eigenvalue weighted by molar-refractivity contribution is 0.142. The standard InChI is InChI=1S/C24H29N3O5/c1-12-6-7-15-19(26-22(29)21(20(15)28)32-23(30)31)17-9-13-8-14(11-25-24(2,3)4)27(5)18(13)10-16(12)17/h8-10,12,25H,6-7,11H2,1-5H3,(H,30,31)(H2,26,28,29). The normalized spacial score (nSPS) is 15.8. The molecular formula is C24H29N3O5. The minimum atomic E-state index is -1.64. The molecule has 2 heterocycles. The minimum Gasteiger partial charge on any atom is -0.504 e. The fourth-order valence-electron chi connectivity index (χ4n) is 4.39. The summed E-state index contributed by atoms with van der Waals surface area (Å²) in [6, 6.07) is 6.32. The number of hydrogen-bond acceptors (Lipinski definition) is 5. The Kier molecular flexibility index (Phi) is 5.29. The summed E-state index contributed by atoms with van der Waals surface area (Å²) in [5, 5.41) is 24.2. The molecule has 4 N–H and O–H groups in total. The lowest BCUT2D eigenvalue weighted by Gasteiger charge is -2.20. The molecule has 8 heteroatoms. The van der Waals surface area contributed by atoms with Crippen LogP contribution in [0.2, 0.25) is 0 Å². The SMILES string of the molecule is CC1CCc2c([nH]c(=O)c(OC(=O)O)c2O)-c2cc3cc(CNC(C)(C)C)n(C)c3cc21. The first-order chi connectivity index (χ1) is 15.0. The van der Waals surface area contributed by atoms with Gasteiger partial charge in [0, 0.05) is 46.9 Å². The first kappa shape index (κ1) is 22.0. The maximum atomic E-state index is 12.5. The second kappa shape index (κ2) is 7.70. The third kappa shape index (κ3) is 3.86. The molecule has 8 nitrogen and oxygen atoms in total. The van der Waals surface area contributed by atoms with Gasteiger partial charge in [0.05, 0.1) is 5.69 Å². The summed E-state index contributed by atoms with van der Waals surface area (Å²) in [6.45, 7) is 9.22. The quantitative estimate of drug-likeness (QED) is 0.454. The summed E-state index contributed by atoms with van der Waals surface area (Å²) >= 11 is 0. The van der Waals surface area contributed by atoms with E-state index in [0.717, 1.165) is 40.7 Å². The van der Waals surface area contributed by atoms with Gasteiger partial charge in [0.15, 0.2) is 5.75 Å². The Morgan fingerprint density at radius 1 is 1.31 bits per heavy atom. The molecule has 0 radical (unpaired) electrons. The Hall–Kier alpha value is -3.26. The van der Waals surface area contributed by atoms with E-state index in [1.165, 1.54) is 0 Å². The molecular weight excluding hydrogens is 410 g/mol.